The zero-order chi connectivity index (χ0) is 19.6. The second kappa shape index (κ2) is 8.10. The molecule has 2 N–H and O–H groups in total. The molecule has 0 aliphatic carbocycles. The Labute approximate surface area is 170 Å². The van der Waals surface area contributed by atoms with E-state index in [-0.39, 0.29) is 11.8 Å². The van der Waals surface area contributed by atoms with Gasteiger partial charge in [-0.25, -0.2) is 0 Å². The lowest BCUT2D eigenvalue weighted by Gasteiger charge is -2.18. The van der Waals surface area contributed by atoms with E-state index < -0.39 is 11.8 Å². The molecule has 1 fully saturated rings. The van der Waals surface area contributed by atoms with Gasteiger partial charge in [-0.05, 0) is 52.7 Å². The van der Waals surface area contributed by atoms with Crippen LogP contribution in [-0.2, 0) is 14.4 Å². The summed E-state index contributed by atoms with van der Waals surface area (Å²) in [5.74, 6) is -1.77. The van der Waals surface area contributed by atoms with Crippen LogP contribution in [0.5, 0.6) is 0 Å². The van der Waals surface area contributed by atoms with E-state index in [1.807, 2.05) is 24.3 Å². The van der Waals surface area contributed by atoms with Crippen molar-refractivity contribution >= 4 is 62.3 Å². The fourth-order valence-corrected chi connectivity index (χ4v) is 3.64. The Bertz CT molecular complexity index is 919. The number of halogens is 2. The first-order valence-electron chi connectivity index (χ1n) is 8.30. The first-order chi connectivity index (χ1) is 12.9. The van der Waals surface area contributed by atoms with E-state index >= 15 is 0 Å². The summed E-state index contributed by atoms with van der Waals surface area (Å²) < 4.78 is 0.794. The van der Waals surface area contributed by atoms with Crippen LogP contribution in [0.2, 0.25) is 5.02 Å². The zero-order valence-electron chi connectivity index (χ0n) is 14.5. The molecular formula is C19H17BrClN3O3. The van der Waals surface area contributed by atoms with E-state index in [2.05, 4.69) is 26.6 Å². The molecule has 3 rings (SSSR count). The summed E-state index contributed by atoms with van der Waals surface area (Å²) >= 11 is 9.44. The smallest absolute Gasteiger partial charge is 0.239 e. The monoisotopic (exact) mass is 449 g/mol. The first kappa shape index (κ1) is 19.4. The standard InChI is InChI=1S/C19H17BrClN3O3/c1-11(25)22-15-7-6-12(21)10-16(15)23-18(26)13-8-9-24(19(13)27)17-5-3-2-4-14(17)20/h2-7,10,13H,8-9H2,1H3,(H,22,25)(H,23,26). The number of nitrogens with one attached hydrogen (secondary N) is 2. The number of amides is 3. The molecule has 27 heavy (non-hydrogen) atoms. The van der Waals surface area contributed by atoms with Gasteiger partial charge in [-0.2, -0.15) is 0 Å². The van der Waals surface area contributed by atoms with E-state index in [0.717, 1.165) is 10.2 Å². The van der Waals surface area contributed by atoms with Gasteiger partial charge in [0, 0.05) is 23.0 Å². The summed E-state index contributed by atoms with van der Waals surface area (Å²) in [6.07, 6.45) is 0.405. The Morgan fingerprint density at radius 2 is 1.89 bits per heavy atom. The molecule has 0 spiro atoms. The van der Waals surface area contributed by atoms with Crippen LogP contribution in [0.15, 0.2) is 46.9 Å². The number of anilines is 3. The molecule has 0 saturated carbocycles. The predicted octanol–water partition coefficient (Wildman–Crippen LogP) is 4.05. The fraction of sp³-hybridized carbons (Fsp3) is 0.211. The summed E-state index contributed by atoms with van der Waals surface area (Å²) in [6, 6.07) is 12.1. The van der Waals surface area contributed by atoms with Crippen LogP contribution in [0.3, 0.4) is 0 Å². The van der Waals surface area contributed by atoms with Crippen molar-refractivity contribution in [1.29, 1.82) is 0 Å². The Balaban J connectivity index is 1.78. The molecule has 1 unspecified atom stereocenters. The van der Waals surface area contributed by atoms with E-state index in [1.54, 1.807) is 17.0 Å². The van der Waals surface area contributed by atoms with Gasteiger partial charge in [0.15, 0.2) is 0 Å². The fourth-order valence-electron chi connectivity index (χ4n) is 2.97. The summed E-state index contributed by atoms with van der Waals surface area (Å²) in [6.45, 7) is 1.82. The van der Waals surface area contributed by atoms with Gasteiger partial charge in [0.05, 0.1) is 17.1 Å². The van der Waals surface area contributed by atoms with Gasteiger partial charge < -0.3 is 15.5 Å². The summed E-state index contributed by atoms with van der Waals surface area (Å²) in [5, 5.41) is 5.76. The van der Waals surface area contributed by atoms with Gasteiger partial charge in [0.1, 0.15) is 5.92 Å². The SMILES string of the molecule is CC(=O)Nc1ccc(Cl)cc1NC(=O)C1CCN(c2ccccc2Br)C1=O. The lowest BCUT2D eigenvalue weighted by molar-refractivity contribution is -0.129. The molecule has 140 valence electrons. The maximum atomic E-state index is 12.8. The summed E-state index contributed by atoms with van der Waals surface area (Å²) in [7, 11) is 0. The number of benzene rings is 2. The molecule has 2 aromatic rings. The van der Waals surface area contributed by atoms with E-state index in [4.69, 9.17) is 11.6 Å². The highest BCUT2D eigenvalue weighted by Gasteiger charge is 2.38. The van der Waals surface area contributed by atoms with Gasteiger partial charge in [-0.3, -0.25) is 14.4 Å². The second-order valence-corrected chi connectivity index (χ2v) is 7.43. The quantitative estimate of drug-likeness (QED) is 0.690. The Kier molecular flexibility index (Phi) is 5.82. The average Bonchev–Trinajstić information content (AvgIpc) is 2.99. The highest BCUT2D eigenvalue weighted by atomic mass is 79.9. The molecular weight excluding hydrogens is 434 g/mol. The van der Waals surface area contributed by atoms with Crippen molar-refractivity contribution in [3.05, 3.63) is 52.0 Å². The normalized spacial score (nSPS) is 16.3. The number of carbonyl (C=O) groups excluding carboxylic acids is 3. The van der Waals surface area contributed by atoms with Crippen LogP contribution in [0, 0.1) is 5.92 Å². The molecule has 2 aromatic carbocycles. The molecule has 3 amide bonds. The molecule has 0 radical (unpaired) electrons. The van der Waals surface area contributed by atoms with Crippen molar-refractivity contribution in [1.82, 2.24) is 0 Å². The summed E-state index contributed by atoms with van der Waals surface area (Å²) in [4.78, 5) is 38.4. The van der Waals surface area contributed by atoms with Crippen LogP contribution < -0.4 is 15.5 Å². The number of rotatable bonds is 4. The predicted molar refractivity (Wildman–Crippen MR) is 109 cm³/mol. The molecule has 1 atom stereocenters. The number of hydrogen-bond acceptors (Lipinski definition) is 3. The van der Waals surface area contributed by atoms with Crippen LogP contribution in [0.4, 0.5) is 17.1 Å². The van der Waals surface area contributed by atoms with Crippen molar-refractivity contribution in [2.24, 2.45) is 5.92 Å². The van der Waals surface area contributed by atoms with Crippen LogP contribution in [-0.4, -0.2) is 24.3 Å². The Hall–Kier alpha value is -2.38. The molecule has 8 heteroatoms. The Morgan fingerprint density at radius 3 is 2.59 bits per heavy atom. The van der Waals surface area contributed by atoms with Crippen LogP contribution >= 0.6 is 27.5 Å². The van der Waals surface area contributed by atoms with Gasteiger partial charge in [-0.15, -0.1) is 0 Å². The highest BCUT2D eigenvalue weighted by molar-refractivity contribution is 9.10. The largest absolute Gasteiger partial charge is 0.325 e. The maximum absolute atomic E-state index is 12.8. The lowest BCUT2D eigenvalue weighted by Crippen LogP contribution is -2.33. The lowest BCUT2D eigenvalue weighted by atomic mass is 10.1. The number of nitrogens with zero attached hydrogens (tertiary/aromatic N) is 1. The van der Waals surface area contributed by atoms with E-state index in [0.29, 0.717) is 29.4 Å². The van der Waals surface area contributed by atoms with Gasteiger partial charge in [-0.1, -0.05) is 23.7 Å². The molecule has 1 aliphatic heterocycles. The zero-order valence-corrected chi connectivity index (χ0v) is 16.8. The van der Waals surface area contributed by atoms with Crippen molar-refractivity contribution < 1.29 is 14.4 Å². The van der Waals surface area contributed by atoms with Crippen LogP contribution in [0.25, 0.3) is 0 Å². The van der Waals surface area contributed by atoms with Crippen molar-refractivity contribution in [3.63, 3.8) is 0 Å². The molecule has 0 bridgehead atoms. The average molecular weight is 451 g/mol. The molecule has 6 nitrogen and oxygen atoms in total. The molecule has 1 aliphatic rings. The third-order valence-electron chi connectivity index (χ3n) is 4.22. The van der Waals surface area contributed by atoms with Crippen molar-refractivity contribution in [3.8, 4) is 0 Å². The van der Waals surface area contributed by atoms with Gasteiger partial charge in [0.2, 0.25) is 17.7 Å². The van der Waals surface area contributed by atoms with Gasteiger partial charge in [0.25, 0.3) is 0 Å². The molecule has 0 aromatic heterocycles. The van der Waals surface area contributed by atoms with Crippen LogP contribution in [0.1, 0.15) is 13.3 Å². The Morgan fingerprint density at radius 1 is 1.15 bits per heavy atom. The topological polar surface area (TPSA) is 78.5 Å². The summed E-state index contributed by atoms with van der Waals surface area (Å²) in [5.41, 5.74) is 1.52. The minimum atomic E-state index is -0.804. The highest BCUT2D eigenvalue weighted by Crippen LogP contribution is 2.32. The number of carbonyl (C=O) groups is 3. The minimum Gasteiger partial charge on any atom is -0.325 e. The second-order valence-electron chi connectivity index (χ2n) is 6.14. The molecule has 1 heterocycles. The number of para-hydroxylation sites is 1. The van der Waals surface area contributed by atoms with E-state index in [1.165, 1.54) is 13.0 Å². The number of hydrogen-bond donors (Lipinski definition) is 2. The maximum Gasteiger partial charge on any atom is 0.239 e. The molecule has 1 saturated heterocycles. The van der Waals surface area contributed by atoms with Crippen molar-refractivity contribution in [2.75, 3.05) is 22.1 Å². The minimum absolute atomic E-state index is 0.262. The third kappa shape index (κ3) is 4.31. The first-order valence-corrected chi connectivity index (χ1v) is 9.48. The van der Waals surface area contributed by atoms with Crippen molar-refractivity contribution in [2.45, 2.75) is 13.3 Å². The third-order valence-corrected chi connectivity index (χ3v) is 5.12. The van der Waals surface area contributed by atoms with E-state index in [9.17, 15) is 14.4 Å². The van der Waals surface area contributed by atoms with Gasteiger partial charge >= 0.3 is 0 Å².